The summed E-state index contributed by atoms with van der Waals surface area (Å²) in [6.45, 7) is 5.36. The number of methoxy groups -OCH3 is 1. The van der Waals surface area contributed by atoms with E-state index in [0.717, 1.165) is 16.5 Å². The second kappa shape index (κ2) is 9.25. The number of H-pyrrole nitrogens is 1. The predicted octanol–water partition coefficient (Wildman–Crippen LogP) is 2.28. The van der Waals surface area contributed by atoms with E-state index in [-0.39, 0.29) is 18.9 Å². The molecule has 152 valence electrons. The van der Waals surface area contributed by atoms with Crippen molar-refractivity contribution in [1.29, 1.82) is 0 Å². The average molecular weight is 389 g/mol. The third-order valence-corrected chi connectivity index (χ3v) is 3.94. The topological polar surface area (TPSA) is 110 Å². The molecule has 0 radical (unpaired) electrons. The van der Waals surface area contributed by atoms with E-state index >= 15 is 0 Å². The van der Waals surface area contributed by atoms with E-state index in [9.17, 15) is 14.4 Å². The van der Waals surface area contributed by atoms with Gasteiger partial charge in [0.05, 0.1) is 7.11 Å². The molecule has 1 atom stereocenters. The summed E-state index contributed by atoms with van der Waals surface area (Å²) in [5.74, 6) is -0.898. The van der Waals surface area contributed by atoms with Crippen molar-refractivity contribution in [3.63, 3.8) is 0 Å². The number of hydrogen-bond acceptors (Lipinski definition) is 5. The standard InChI is InChI=1S/C20H27N3O5/c1-20(2,3)28-19(26)21-10-9-17(24)23-16(18(25)27-4)11-13-12-22-15-8-6-5-7-14(13)15/h5-8,12,16,22H,9-11H2,1-4H3,(H,21,26)(H,23,24)/t16-/m1/s1. The Morgan fingerprint density at radius 1 is 1.18 bits per heavy atom. The van der Waals surface area contributed by atoms with E-state index in [1.807, 2.05) is 30.5 Å². The van der Waals surface area contributed by atoms with Gasteiger partial charge in [-0.2, -0.15) is 0 Å². The van der Waals surface area contributed by atoms with Crippen LogP contribution in [0.1, 0.15) is 32.8 Å². The molecule has 0 saturated heterocycles. The van der Waals surface area contributed by atoms with Crippen LogP contribution in [0.3, 0.4) is 0 Å². The van der Waals surface area contributed by atoms with Gasteiger partial charge in [-0.1, -0.05) is 18.2 Å². The molecule has 1 heterocycles. The van der Waals surface area contributed by atoms with E-state index in [0.29, 0.717) is 6.42 Å². The van der Waals surface area contributed by atoms with Gasteiger partial charge in [0.2, 0.25) is 5.91 Å². The summed E-state index contributed by atoms with van der Waals surface area (Å²) in [5.41, 5.74) is 1.24. The lowest BCUT2D eigenvalue weighted by Gasteiger charge is -2.20. The van der Waals surface area contributed by atoms with Crippen LogP contribution in [-0.2, 0) is 25.5 Å². The van der Waals surface area contributed by atoms with Crippen molar-refractivity contribution in [3.05, 3.63) is 36.0 Å². The zero-order valence-electron chi connectivity index (χ0n) is 16.6. The lowest BCUT2D eigenvalue weighted by atomic mass is 10.0. The zero-order chi connectivity index (χ0) is 20.7. The van der Waals surface area contributed by atoms with E-state index in [1.54, 1.807) is 20.8 Å². The maximum absolute atomic E-state index is 12.2. The van der Waals surface area contributed by atoms with Gasteiger partial charge in [0, 0.05) is 36.5 Å². The zero-order valence-corrected chi connectivity index (χ0v) is 16.6. The number of fused-ring (bicyclic) bond motifs is 1. The van der Waals surface area contributed by atoms with E-state index in [2.05, 4.69) is 15.6 Å². The van der Waals surface area contributed by atoms with Gasteiger partial charge in [0.15, 0.2) is 0 Å². The molecule has 2 rings (SSSR count). The molecule has 0 aliphatic heterocycles. The minimum Gasteiger partial charge on any atom is -0.467 e. The van der Waals surface area contributed by atoms with Crippen LogP contribution in [0.4, 0.5) is 4.79 Å². The number of ether oxygens (including phenoxy) is 2. The Balaban J connectivity index is 1.92. The van der Waals surface area contributed by atoms with Crippen LogP contribution in [-0.4, -0.2) is 48.3 Å². The van der Waals surface area contributed by atoms with Crippen molar-refractivity contribution in [1.82, 2.24) is 15.6 Å². The number of esters is 1. The van der Waals surface area contributed by atoms with Crippen LogP contribution in [0, 0.1) is 0 Å². The molecule has 1 aromatic heterocycles. The number of hydrogen-bond donors (Lipinski definition) is 3. The van der Waals surface area contributed by atoms with Crippen molar-refractivity contribution in [2.24, 2.45) is 0 Å². The monoisotopic (exact) mass is 389 g/mol. The highest BCUT2D eigenvalue weighted by Gasteiger charge is 2.23. The number of benzene rings is 1. The van der Waals surface area contributed by atoms with Crippen molar-refractivity contribution < 1.29 is 23.9 Å². The van der Waals surface area contributed by atoms with Gasteiger partial charge >= 0.3 is 12.1 Å². The second-order valence-electron chi connectivity index (χ2n) is 7.39. The lowest BCUT2D eigenvalue weighted by molar-refractivity contribution is -0.145. The van der Waals surface area contributed by atoms with Crippen LogP contribution in [0.25, 0.3) is 10.9 Å². The SMILES string of the molecule is COC(=O)[C@@H](Cc1c[nH]c2ccccc12)NC(=O)CCNC(=O)OC(C)(C)C. The Hall–Kier alpha value is -3.03. The first-order valence-corrected chi connectivity index (χ1v) is 9.08. The summed E-state index contributed by atoms with van der Waals surface area (Å²) in [6, 6.07) is 6.89. The summed E-state index contributed by atoms with van der Waals surface area (Å²) >= 11 is 0. The van der Waals surface area contributed by atoms with Crippen molar-refractivity contribution in [2.75, 3.05) is 13.7 Å². The summed E-state index contributed by atoms with van der Waals surface area (Å²) in [5, 5.41) is 6.17. The maximum Gasteiger partial charge on any atom is 0.407 e. The molecule has 0 spiro atoms. The highest BCUT2D eigenvalue weighted by atomic mass is 16.6. The molecule has 0 aliphatic carbocycles. The molecule has 0 aliphatic rings. The summed E-state index contributed by atoms with van der Waals surface area (Å²) in [6.07, 6.45) is 1.53. The summed E-state index contributed by atoms with van der Waals surface area (Å²) in [7, 11) is 1.28. The Morgan fingerprint density at radius 2 is 1.89 bits per heavy atom. The average Bonchev–Trinajstić information content (AvgIpc) is 3.02. The molecule has 1 aromatic carbocycles. The van der Waals surface area contributed by atoms with Crippen molar-refractivity contribution in [3.8, 4) is 0 Å². The quantitative estimate of drug-likeness (QED) is 0.630. The maximum atomic E-state index is 12.2. The molecular weight excluding hydrogens is 362 g/mol. The fourth-order valence-corrected chi connectivity index (χ4v) is 2.71. The largest absolute Gasteiger partial charge is 0.467 e. The molecule has 0 fully saturated rings. The van der Waals surface area contributed by atoms with Gasteiger partial charge in [-0.25, -0.2) is 9.59 Å². The van der Waals surface area contributed by atoms with Crippen LogP contribution in [0.2, 0.25) is 0 Å². The Morgan fingerprint density at radius 3 is 2.57 bits per heavy atom. The highest BCUT2D eigenvalue weighted by Crippen LogP contribution is 2.19. The van der Waals surface area contributed by atoms with Gasteiger partial charge in [0.25, 0.3) is 0 Å². The number of carbonyl (C=O) groups excluding carboxylic acids is 3. The molecule has 2 aromatic rings. The number of rotatable bonds is 7. The Kier molecular flexibility index (Phi) is 7.03. The van der Waals surface area contributed by atoms with Crippen LogP contribution in [0.15, 0.2) is 30.5 Å². The minimum atomic E-state index is -0.821. The number of para-hydroxylation sites is 1. The summed E-state index contributed by atoms with van der Waals surface area (Å²) < 4.78 is 9.93. The highest BCUT2D eigenvalue weighted by molar-refractivity contribution is 5.87. The van der Waals surface area contributed by atoms with Crippen molar-refractivity contribution >= 4 is 28.9 Å². The number of nitrogens with one attached hydrogen (secondary N) is 3. The molecule has 28 heavy (non-hydrogen) atoms. The number of amides is 2. The van der Waals surface area contributed by atoms with Gasteiger partial charge in [-0.05, 0) is 32.4 Å². The van der Waals surface area contributed by atoms with E-state index in [4.69, 9.17) is 9.47 Å². The first-order valence-electron chi connectivity index (χ1n) is 9.08. The molecular formula is C20H27N3O5. The molecule has 3 N–H and O–H groups in total. The van der Waals surface area contributed by atoms with Gasteiger partial charge in [-0.15, -0.1) is 0 Å². The first kappa shape index (κ1) is 21.3. The van der Waals surface area contributed by atoms with Crippen LogP contribution >= 0.6 is 0 Å². The summed E-state index contributed by atoms with van der Waals surface area (Å²) in [4.78, 5) is 39.1. The Bertz CT molecular complexity index is 838. The molecule has 0 bridgehead atoms. The van der Waals surface area contributed by atoms with Gasteiger partial charge in [0.1, 0.15) is 11.6 Å². The Labute approximate surface area is 164 Å². The number of aromatic amines is 1. The van der Waals surface area contributed by atoms with Crippen LogP contribution < -0.4 is 10.6 Å². The number of carbonyl (C=O) groups is 3. The first-order chi connectivity index (χ1) is 13.2. The predicted molar refractivity (Wildman–Crippen MR) is 105 cm³/mol. The van der Waals surface area contributed by atoms with Crippen LogP contribution in [0.5, 0.6) is 0 Å². The molecule has 8 nitrogen and oxygen atoms in total. The minimum absolute atomic E-state index is 0.0145. The van der Waals surface area contributed by atoms with E-state index in [1.165, 1.54) is 7.11 Å². The van der Waals surface area contributed by atoms with Gasteiger partial charge in [-0.3, -0.25) is 4.79 Å². The third-order valence-electron chi connectivity index (χ3n) is 3.94. The second-order valence-corrected chi connectivity index (χ2v) is 7.39. The fourth-order valence-electron chi connectivity index (χ4n) is 2.71. The molecule has 0 saturated carbocycles. The third kappa shape index (κ3) is 6.29. The molecule has 0 unspecified atom stereocenters. The normalized spacial score (nSPS) is 12.3. The van der Waals surface area contributed by atoms with Crippen molar-refractivity contribution in [2.45, 2.75) is 45.3 Å². The van der Waals surface area contributed by atoms with Gasteiger partial charge < -0.3 is 25.1 Å². The molecule has 8 heteroatoms. The smallest absolute Gasteiger partial charge is 0.407 e. The number of aromatic nitrogens is 1. The molecule has 2 amide bonds. The number of alkyl carbamates (subject to hydrolysis) is 1. The van der Waals surface area contributed by atoms with E-state index < -0.39 is 23.7 Å². The lowest BCUT2D eigenvalue weighted by Crippen LogP contribution is -2.44. The fraction of sp³-hybridized carbons (Fsp3) is 0.450.